The number of nitrogens with zero attached hydrogens (tertiary/aromatic N) is 2. The molecule has 9 aromatic carbocycles. The quantitative estimate of drug-likeness (QED) is 0.0794. The van der Waals surface area contributed by atoms with E-state index in [-0.39, 0.29) is 5.41 Å². The average Bonchev–Trinajstić information content (AvgIpc) is 0.822. The van der Waals surface area contributed by atoms with Crippen LogP contribution in [0.5, 0.6) is 0 Å². The predicted octanol–water partition coefficient (Wildman–Crippen LogP) is 28.3. The van der Waals surface area contributed by atoms with Crippen LogP contribution in [-0.4, -0.2) is 124 Å². The standard InChI is InChI=1S/C15H16.C14H16Si.C8H11N.3C8H10.C7H8.C6H14O3.2C5H12.C4H12Si.C4H10.C3H9N.C3H8.C2H6O.C2H6S/c2*1-15(2,13-9-5-3-6-10-13)14-11-7-4-8-12-14;1-9(2)8-6-4-3-5-7-8;1-7-3-5-8(2)6-4-7;1-7-4-3-5-8(2)6-7;1-7-5-3-4-6-8(7)2;1-7-5-3-2-4-6-7;1-7-3-5-9-6-4-8-2;1-5(2,3)4;1-3-5-4-2;1-5(2,3)4;1-3-4-2;1-4(2)3;3*1-3-2/h2*3-12H,1-2H3;3-7H,1-2H3;3*3-6H,1-2H3;2-6H,1H3;3-6H2,1-2H3;1-4H3;3-5H2,1-2H3;1-4H3;3-4H2,1-2H3;1-3H3;3H2,1-2H3;2*1-2H3. The third-order valence-electron chi connectivity index (χ3n) is 14.1. The Morgan fingerprint density at radius 3 is 0.766 bits per heavy atom. The number of aryl methyl sites for hydroxylation is 7. The Bertz CT molecular complexity index is 3000. The highest BCUT2D eigenvalue weighted by Gasteiger charge is 2.25. The van der Waals surface area contributed by atoms with Crippen molar-refractivity contribution in [1.82, 2.24) is 4.90 Å². The monoisotopic (exact) mass is 1580 g/mol. The summed E-state index contributed by atoms with van der Waals surface area (Å²) >= 11 is 1.75. The number of ether oxygens (including phenoxy) is 4. The molecule has 0 atom stereocenters. The van der Waals surface area contributed by atoms with Crippen LogP contribution in [0.15, 0.2) is 255 Å². The van der Waals surface area contributed by atoms with E-state index in [9.17, 15) is 0 Å². The van der Waals surface area contributed by atoms with Gasteiger partial charge in [0.1, 0.15) is 8.07 Å². The normalized spacial score (nSPS) is 9.70. The summed E-state index contributed by atoms with van der Waals surface area (Å²) in [4.78, 5) is 4.08. The molecule has 0 amide bonds. The molecule has 0 heterocycles. The number of rotatable bonds is 14. The molecule has 111 heavy (non-hydrogen) atoms. The van der Waals surface area contributed by atoms with E-state index in [4.69, 9.17) is 14.2 Å². The Morgan fingerprint density at radius 1 is 0.342 bits per heavy atom. The molecule has 0 saturated heterocycles. The van der Waals surface area contributed by atoms with E-state index >= 15 is 0 Å². The SMILES string of the molecule is CC(C)(C)C.CC(C)(c1ccccc1)c1ccccc1.CCC.CCCC.CCCCC.CN(C)C.CN(C)c1ccccc1.COC.COCCOCCOC.CSC.C[Si](C)(C)C.C[Si](C)(c1ccccc1)c1ccccc1.Cc1ccc(C)cc1.Cc1cccc(C)c1.Cc1ccccc1.Cc1ccccc1C. The van der Waals surface area contributed by atoms with Crippen LogP contribution in [0.1, 0.15) is 172 Å². The molecule has 0 radical (unpaired) electrons. The maximum Gasteiger partial charge on any atom is 0.112 e. The average molecular weight is 1580 g/mol. The van der Waals surface area contributed by atoms with Crippen LogP contribution in [0, 0.1) is 53.9 Å². The van der Waals surface area contributed by atoms with Crippen LogP contribution in [-0.2, 0) is 24.4 Å². The summed E-state index contributed by atoms with van der Waals surface area (Å²) in [6.07, 6.45) is 12.0. The van der Waals surface area contributed by atoms with Gasteiger partial charge in [-0.15, -0.1) is 0 Å². The fraction of sp³-hybridized carbons (Fsp3) is 0.471. The molecule has 0 unspecified atom stereocenters. The fourth-order valence-electron chi connectivity index (χ4n) is 7.86. The summed E-state index contributed by atoms with van der Waals surface area (Å²) in [7, 11) is 14.6. The van der Waals surface area contributed by atoms with Crippen LogP contribution < -0.4 is 15.3 Å². The highest BCUT2D eigenvalue weighted by Crippen LogP contribution is 2.30. The Balaban J connectivity index is -0.000000213. The topological polar surface area (TPSA) is 43.4 Å². The zero-order valence-corrected chi connectivity index (χ0v) is 81.1. The minimum Gasteiger partial charge on any atom is -0.388 e. The van der Waals surface area contributed by atoms with Crippen molar-refractivity contribution in [2.24, 2.45) is 5.41 Å². The molecule has 0 aromatic heterocycles. The summed E-state index contributed by atoms with van der Waals surface area (Å²) in [6.45, 7) is 57.8. The van der Waals surface area contributed by atoms with Crippen molar-refractivity contribution in [2.45, 2.75) is 215 Å². The lowest BCUT2D eigenvalue weighted by Gasteiger charge is -2.25. The largest absolute Gasteiger partial charge is 0.388 e. The lowest BCUT2D eigenvalue weighted by atomic mass is 9.78. The second kappa shape index (κ2) is 80.0. The van der Waals surface area contributed by atoms with E-state index in [0.717, 1.165) is 0 Å². The zero-order valence-electron chi connectivity index (χ0n) is 78.3. The van der Waals surface area contributed by atoms with Crippen LogP contribution in [0.2, 0.25) is 39.3 Å². The first-order chi connectivity index (χ1) is 52.2. The Hall–Kier alpha value is -6.64. The molecule has 0 aliphatic heterocycles. The van der Waals surface area contributed by atoms with Crippen LogP contribution >= 0.6 is 11.8 Å². The van der Waals surface area contributed by atoms with Crippen LogP contribution in [0.3, 0.4) is 0 Å². The van der Waals surface area contributed by atoms with Gasteiger partial charge in [-0.1, -0.05) is 442 Å². The summed E-state index contributed by atoms with van der Waals surface area (Å²) in [5.74, 6) is 0. The summed E-state index contributed by atoms with van der Waals surface area (Å²) < 4.78 is 18.8. The van der Waals surface area contributed by atoms with E-state index in [2.05, 4.69) is 399 Å². The Morgan fingerprint density at radius 2 is 0.577 bits per heavy atom. The highest BCUT2D eigenvalue weighted by molar-refractivity contribution is 7.97. The number of unbranched alkanes of at least 4 members (excludes halogenated alkanes) is 3. The molecule has 9 rings (SSSR count). The van der Waals surface area contributed by atoms with E-state index in [1.54, 1.807) is 40.2 Å². The molecule has 626 valence electrons. The molecule has 0 spiro atoms. The molecule has 9 heteroatoms. The van der Waals surface area contributed by atoms with Crippen molar-refractivity contribution in [3.05, 3.63) is 305 Å². The van der Waals surface area contributed by atoms with Gasteiger partial charge in [0.25, 0.3) is 0 Å². The van der Waals surface area contributed by atoms with Gasteiger partial charge < -0.3 is 28.7 Å². The first-order valence-corrected chi connectivity index (χ1v) is 48.9. The number of methoxy groups -OCH3 is 3. The molecule has 0 saturated carbocycles. The van der Waals surface area contributed by atoms with Gasteiger partial charge in [0.05, 0.1) is 26.4 Å². The minimum absolute atomic E-state index is 0.0858. The van der Waals surface area contributed by atoms with Crippen molar-refractivity contribution in [1.29, 1.82) is 0 Å². The summed E-state index contributed by atoms with van der Waals surface area (Å²) in [6, 6.07) is 88.8. The van der Waals surface area contributed by atoms with Gasteiger partial charge in [-0.2, -0.15) is 11.8 Å². The van der Waals surface area contributed by atoms with Crippen LogP contribution in [0.25, 0.3) is 0 Å². The van der Waals surface area contributed by atoms with Crippen molar-refractivity contribution in [2.75, 3.05) is 108 Å². The van der Waals surface area contributed by atoms with Crippen LogP contribution in [0.4, 0.5) is 5.69 Å². The Kier molecular flexibility index (Phi) is 84.8. The van der Waals surface area contributed by atoms with E-state index < -0.39 is 16.1 Å². The van der Waals surface area contributed by atoms with Gasteiger partial charge in [-0.25, -0.2) is 0 Å². The van der Waals surface area contributed by atoms with Crippen molar-refractivity contribution in [3.8, 4) is 0 Å². The molecular formula is C102H170N2O4SSi2. The van der Waals surface area contributed by atoms with Gasteiger partial charge in [-0.05, 0) is 122 Å². The third-order valence-corrected chi connectivity index (χ3v) is 17.6. The summed E-state index contributed by atoms with van der Waals surface area (Å²) in [5, 5.41) is 2.99. The predicted molar refractivity (Wildman–Crippen MR) is 517 cm³/mol. The first kappa shape index (κ1) is 118. The maximum atomic E-state index is 5.06. The second-order valence-corrected chi connectivity index (χ2v) is 43.0. The number of benzene rings is 9. The van der Waals surface area contributed by atoms with Gasteiger partial charge in [0.2, 0.25) is 0 Å². The van der Waals surface area contributed by atoms with E-state index in [1.807, 2.05) is 89.0 Å². The number of para-hydroxylation sites is 1. The molecule has 9 aromatic rings. The number of thioether (sulfide) groups is 1. The smallest absolute Gasteiger partial charge is 0.112 e. The van der Waals surface area contributed by atoms with Gasteiger partial charge >= 0.3 is 0 Å². The number of hydrogen-bond acceptors (Lipinski definition) is 7. The lowest BCUT2D eigenvalue weighted by molar-refractivity contribution is 0.0385. The molecule has 0 bridgehead atoms. The molecular weight excluding hydrogens is 1410 g/mol. The Labute approximate surface area is 695 Å². The molecule has 0 fully saturated rings. The zero-order chi connectivity index (χ0) is 86.4. The summed E-state index contributed by atoms with van der Waals surface area (Å²) in [5.41, 5.74) is 13.9. The van der Waals surface area contributed by atoms with E-state index in [1.165, 1.54) is 105 Å². The van der Waals surface area contributed by atoms with Gasteiger partial charge in [-0.3, -0.25) is 0 Å². The number of hydrogen-bond donors (Lipinski definition) is 0. The number of anilines is 1. The minimum atomic E-state index is -1.46. The molecule has 0 N–H and O–H groups in total. The van der Waals surface area contributed by atoms with Gasteiger partial charge in [0.15, 0.2) is 0 Å². The van der Waals surface area contributed by atoms with Crippen molar-refractivity contribution in [3.63, 3.8) is 0 Å². The van der Waals surface area contributed by atoms with Gasteiger partial charge in [0, 0.05) is 61.7 Å². The van der Waals surface area contributed by atoms with Crippen molar-refractivity contribution < 1.29 is 18.9 Å². The second-order valence-electron chi connectivity index (χ2n) is 31.8. The van der Waals surface area contributed by atoms with E-state index in [0.29, 0.717) is 31.8 Å². The molecule has 0 aliphatic rings. The molecule has 6 nitrogen and oxygen atoms in total. The maximum absolute atomic E-state index is 5.06. The fourth-order valence-corrected chi connectivity index (χ4v) is 10.2. The third kappa shape index (κ3) is 88.8. The highest BCUT2D eigenvalue weighted by atomic mass is 32.2. The lowest BCUT2D eigenvalue weighted by Crippen LogP contribution is -2.52. The van der Waals surface area contributed by atoms with Crippen molar-refractivity contribution >= 4 is 44.0 Å². The molecule has 0 aliphatic carbocycles. The first-order valence-electron chi connectivity index (χ1n) is 40.2.